The lowest BCUT2D eigenvalue weighted by molar-refractivity contribution is -0.0277. The Hall–Kier alpha value is -3.92. The van der Waals surface area contributed by atoms with Crippen molar-refractivity contribution in [1.82, 2.24) is 24.8 Å². The molecule has 4 aromatic rings. The summed E-state index contributed by atoms with van der Waals surface area (Å²) < 4.78 is 5.54. The molecule has 0 atom stereocenters. The number of ether oxygens (including phenoxy) is 1. The van der Waals surface area contributed by atoms with Gasteiger partial charge < -0.3 is 20.5 Å². The molecule has 0 bridgehead atoms. The van der Waals surface area contributed by atoms with E-state index in [2.05, 4.69) is 44.0 Å². The van der Waals surface area contributed by atoms with E-state index in [9.17, 15) is 5.11 Å². The molecule has 3 N–H and O–H groups in total. The van der Waals surface area contributed by atoms with E-state index in [1.54, 1.807) is 12.4 Å². The van der Waals surface area contributed by atoms with E-state index < -0.39 is 5.60 Å². The average Bonchev–Trinajstić information content (AvgIpc) is 3.00. The summed E-state index contributed by atoms with van der Waals surface area (Å²) in [6.07, 6.45) is 4.83. The fraction of sp³-hybridized carbons (Fsp3) is 0.333. The third-order valence-corrected chi connectivity index (χ3v) is 7.60. The molecular formula is C30H33N7O2. The molecule has 4 heterocycles. The second kappa shape index (κ2) is 11.1. The summed E-state index contributed by atoms with van der Waals surface area (Å²) in [6, 6.07) is 20.5. The molecule has 2 saturated heterocycles. The van der Waals surface area contributed by atoms with Crippen LogP contribution in [0.5, 0.6) is 0 Å². The van der Waals surface area contributed by atoms with E-state index in [-0.39, 0.29) is 5.95 Å². The number of hydrogen-bond acceptors (Lipinski definition) is 9. The van der Waals surface area contributed by atoms with Crippen LogP contribution in [0.3, 0.4) is 0 Å². The van der Waals surface area contributed by atoms with Crippen molar-refractivity contribution in [3.05, 3.63) is 84.2 Å². The Kier molecular flexibility index (Phi) is 7.19. The van der Waals surface area contributed by atoms with Gasteiger partial charge in [0.05, 0.1) is 30.2 Å². The van der Waals surface area contributed by atoms with Gasteiger partial charge >= 0.3 is 0 Å². The summed E-state index contributed by atoms with van der Waals surface area (Å²) in [4.78, 5) is 22.7. The van der Waals surface area contributed by atoms with Crippen LogP contribution in [-0.4, -0.2) is 69.3 Å². The first-order valence-corrected chi connectivity index (χ1v) is 13.4. The topological polar surface area (TPSA) is 114 Å². The summed E-state index contributed by atoms with van der Waals surface area (Å²) in [6.45, 7) is 5.28. The number of aliphatic hydroxyl groups is 1. The quantitative estimate of drug-likeness (QED) is 0.392. The van der Waals surface area contributed by atoms with Crippen molar-refractivity contribution in [1.29, 1.82) is 0 Å². The van der Waals surface area contributed by atoms with E-state index in [1.165, 1.54) is 5.56 Å². The maximum atomic E-state index is 11.2. The first-order chi connectivity index (χ1) is 19.1. The zero-order chi connectivity index (χ0) is 26.7. The number of benzene rings is 2. The van der Waals surface area contributed by atoms with Gasteiger partial charge in [-0.25, -0.2) is 19.9 Å². The minimum Gasteiger partial charge on any atom is -0.385 e. The molecule has 39 heavy (non-hydrogen) atoms. The summed E-state index contributed by atoms with van der Waals surface area (Å²) in [5.41, 5.74) is 10.6. The number of morpholine rings is 1. The first kappa shape index (κ1) is 25.4. The van der Waals surface area contributed by atoms with Crippen molar-refractivity contribution in [2.75, 3.05) is 50.0 Å². The smallest absolute Gasteiger partial charge is 0.226 e. The molecule has 2 aliphatic rings. The van der Waals surface area contributed by atoms with Crippen LogP contribution in [0.4, 0.5) is 11.9 Å². The highest BCUT2D eigenvalue weighted by atomic mass is 16.5. The Morgan fingerprint density at radius 3 is 2.23 bits per heavy atom. The predicted octanol–water partition coefficient (Wildman–Crippen LogP) is 3.50. The maximum absolute atomic E-state index is 11.2. The molecule has 2 aliphatic heterocycles. The third-order valence-electron chi connectivity index (χ3n) is 7.60. The van der Waals surface area contributed by atoms with Gasteiger partial charge in [0.1, 0.15) is 0 Å². The van der Waals surface area contributed by atoms with Gasteiger partial charge in [-0.2, -0.15) is 0 Å². The number of anilines is 2. The van der Waals surface area contributed by atoms with Crippen LogP contribution in [0, 0.1) is 0 Å². The lowest BCUT2D eigenvalue weighted by Gasteiger charge is -2.38. The van der Waals surface area contributed by atoms with Crippen LogP contribution in [0.1, 0.15) is 24.0 Å². The molecule has 0 amide bonds. The Labute approximate surface area is 228 Å². The zero-order valence-corrected chi connectivity index (χ0v) is 21.9. The van der Waals surface area contributed by atoms with Crippen LogP contribution in [0.25, 0.3) is 22.5 Å². The second-order valence-corrected chi connectivity index (χ2v) is 10.2. The van der Waals surface area contributed by atoms with Crippen LogP contribution in [-0.2, 0) is 16.9 Å². The predicted molar refractivity (Wildman–Crippen MR) is 151 cm³/mol. The Bertz CT molecular complexity index is 1400. The fourth-order valence-corrected chi connectivity index (χ4v) is 5.31. The van der Waals surface area contributed by atoms with Crippen LogP contribution in [0.2, 0.25) is 0 Å². The van der Waals surface area contributed by atoms with Gasteiger partial charge in [-0.15, -0.1) is 0 Å². The van der Waals surface area contributed by atoms with E-state index >= 15 is 0 Å². The van der Waals surface area contributed by atoms with Gasteiger partial charge in [0.25, 0.3) is 0 Å². The standard InChI is InChI=1S/C30H33N7O2/c31-28-32-19-24(20-33-28)27-18-26(34-29(35-27)37-13-15-39-16-14-37)23-6-4-5-22(17-23)21-36-11-9-30(38,10-12-36)25-7-2-1-3-8-25/h1-8,17-20,38H,9-16,21H2,(H2,31,32,33). The molecule has 9 heteroatoms. The maximum Gasteiger partial charge on any atom is 0.226 e. The Balaban J connectivity index is 1.24. The fourth-order valence-electron chi connectivity index (χ4n) is 5.31. The highest BCUT2D eigenvalue weighted by molar-refractivity contribution is 5.69. The number of rotatable bonds is 6. The normalized spacial score (nSPS) is 17.7. The van der Waals surface area contributed by atoms with E-state index in [1.807, 2.05) is 36.4 Å². The Morgan fingerprint density at radius 1 is 0.821 bits per heavy atom. The molecule has 0 saturated carbocycles. The monoisotopic (exact) mass is 523 g/mol. The van der Waals surface area contributed by atoms with E-state index in [0.29, 0.717) is 19.2 Å². The number of piperidine rings is 1. The summed E-state index contributed by atoms with van der Waals surface area (Å²) >= 11 is 0. The molecule has 0 aliphatic carbocycles. The number of nitrogen functional groups attached to an aromatic ring is 1. The minimum atomic E-state index is -0.751. The lowest BCUT2D eigenvalue weighted by atomic mass is 9.84. The van der Waals surface area contributed by atoms with Gasteiger partial charge in [-0.1, -0.05) is 48.5 Å². The first-order valence-electron chi connectivity index (χ1n) is 13.4. The molecule has 0 spiro atoms. The summed E-state index contributed by atoms with van der Waals surface area (Å²) in [5, 5.41) is 11.2. The number of hydrogen-bond donors (Lipinski definition) is 2. The molecule has 0 radical (unpaired) electrons. The number of nitrogens with two attached hydrogens (primary N) is 1. The second-order valence-electron chi connectivity index (χ2n) is 10.2. The number of likely N-dealkylation sites (tertiary alicyclic amines) is 1. The molecule has 6 rings (SSSR count). The summed E-state index contributed by atoms with van der Waals surface area (Å²) in [5.74, 6) is 0.901. The number of aromatic nitrogens is 4. The van der Waals surface area contributed by atoms with Gasteiger partial charge in [-0.3, -0.25) is 4.90 Å². The van der Waals surface area contributed by atoms with Crippen molar-refractivity contribution in [2.45, 2.75) is 25.0 Å². The lowest BCUT2D eigenvalue weighted by Crippen LogP contribution is -2.42. The largest absolute Gasteiger partial charge is 0.385 e. The number of nitrogens with zero attached hydrogens (tertiary/aromatic N) is 6. The zero-order valence-electron chi connectivity index (χ0n) is 21.9. The van der Waals surface area contributed by atoms with Gasteiger partial charge in [0.2, 0.25) is 11.9 Å². The van der Waals surface area contributed by atoms with Crippen molar-refractivity contribution in [2.24, 2.45) is 0 Å². The summed E-state index contributed by atoms with van der Waals surface area (Å²) in [7, 11) is 0. The molecule has 9 nitrogen and oxygen atoms in total. The van der Waals surface area contributed by atoms with Crippen molar-refractivity contribution in [3.8, 4) is 22.5 Å². The van der Waals surface area contributed by atoms with Gasteiger partial charge in [0.15, 0.2) is 0 Å². The molecule has 200 valence electrons. The molecular weight excluding hydrogens is 490 g/mol. The van der Waals surface area contributed by atoms with Gasteiger partial charge in [-0.05, 0) is 36.1 Å². The highest BCUT2D eigenvalue weighted by Crippen LogP contribution is 2.33. The van der Waals surface area contributed by atoms with E-state index in [4.69, 9.17) is 20.4 Å². The Morgan fingerprint density at radius 2 is 1.51 bits per heavy atom. The van der Waals surface area contributed by atoms with Crippen LogP contribution in [0.15, 0.2) is 73.1 Å². The molecule has 0 unspecified atom stereocenters. The van der Waals surface area contributed by atoms with Crippen LogP contribution < -0.4 is 10.6 Å². The van der Waals surface area contributed by atoms with Crippen molar-refractivity contribution < 1.29 is 9.84 Å². The minimum absolute atomic E-state index is 0.231. The SMILES string of the molecule is Nc1ncc(-c2cc(-c3cccc(CN4CCC(O)(c5ccccc5)CC4)c3)nc(N3CCOCC3)n2)cn1. The molecule has 2 aromatic carbocycles. The third kappa shape index (κ3) is 5.75. The van der Waals surface area contributed by atoms with Crippen molar-refractivity contribution >= 4 is 11.9 Å². The van der Waals surface area contributed by atoms with E-state index in [0.717, 1.165) is 73.6 Å². The van der Waals surface area contributed by atoms with Crippen molar-refractivity contribution in [3.63, 3.8) is 0 Å². The van der Waals surface area contributed by atoms with Crippen LogP contribution >= 0.6 is 0 Å². The highest BCUT2D eigenvalue weighted by Gasteiger charge is 2.33. The molecule has 2 aromatic heterocycles. The van der Waals surface area contributed by atoms with Gasteiger partial charge in [0, 0.05) is 56.2 Å². The average molecular weight is 524 g/mol. The molecule has 2 fully saturated rings.